The number of hydrogen-bond acceptors (Lipinski definition) is 6. The van der Waals surface area contributed by atoms with Gasteiger partial charge in [0.05, 0.1) is 7.11 Å². The monoisotopic (exact) mass is 377 g/mol. The number of ether oxygens (including phenoxy) is 3. The Morgan fingerprint density at radius 2 is 1.61 bits per heavy atom. The largest absolute Gasteiger partial charge is 0.497 e. The molecule has 142 valence electrons. The fourth-order valence-corrected chi connectivity index (χ4v) is 2.50. The molecule has 28 heavy (non-hydrogen) atoms. The summed E-state index contributed by atoms with van der Waals surface area (Å²) in [7, 11) is 1.55. The maximum Gasteiger partial charge on any atom is 0.344 e. The first kappa shape index (κ1) is 19.1. The van der Waals surface area contributed by atoms with Gasteiger partial charge in [0.25, 0.3) is 0 Å². The molecule has 0 aliphatic heterocycles. The molecule has 0 N–H and O–H groups in total. The van der Waals surface area contributed by atoms with Gasteiger partial charge in [-0.15, -0.1) is 0 Å². The summed E-state index contributed by atoms with van der Waals surface area (Å²) < 4.78 is 16.1. The van der Waals surface area contributed by atoms with Crippen molar-refractivity contribution in [1.82, 2.24) is 4.98 Å². The highest BCUT2D eigenvalue weighted by atomic mass is 16.5. The Labute approximate surface area is 162 Å². The van der Waals surface area contributed by atoms with E-state index >= 15 is 0 Å². The van der Waals surface area contributed by atoms with Gasteiger partial charge in [0.2, 0.25) is 11.7 Å². The number of pyridine rings is 1. The molecule has 0 radical (unpaired) electrons. The van der Waals surface area contributed by atoms with E-state index in [0.29, 0.717) is 17.1 Å². The molecule has 2 aromatic carbocycles. The van der Waals surface area contributed by atoms with Crippen molar-refractivity contribution in [1.29, 1.82) is 0 Å². The second-order valence-corrected chi connectivity index (χ2v) is 5.91. The van der Waals surface area contributed by atoms with E-state index in [-0.39, 0.29) is 17.2 Å². The van der Waals surface area contributed by atoms with E-state index in [2.05, 4.69) is 4.98 Å². The number of rotatable bonds is 7. The normalized spacial score (nSPS) is 11.4. The lowest BCUT2D eigenvalue weighted by Gasteiger charge is -2.14. The predicted octanol–water partition coefficient (Wildman–Crippen LogP) is 4.31. The predicted molar refractivity (Wildman–Crippen MR) is 103 cm³/mol. The molecule has 0 bridgehead atoms. The van der Waals surface area contributed by atoms with Crippen molar-refractivity contribution in [2.75, 3.05) is 7.11 Å². The third-order valence-electron chi connectivity index (χ3n) is 3.98. The molecule has 1 heterocycles. The number of carbonyl (C=O) groups is 2. The van der Waals surface area contributed by atoms with E-state index in [9.17, 15) is 9.59 Å². The van der Waals surface area contributed by atoms with Crippen LogP contribution in [0.25, 0.3) is 0 Å². The highest BCUT2D eigenvalue weighted by Gasteiger charge is 2.23. The molecule has 1 aromatic heterocycles. The molecule has 0 saturated heterocycles. The number of methoxy groups -OCH3 is 1. The molecule has 3 aromatic rings. The fraction of sp³-hybridized carbons (Fsp3) is 0.136. The zero-order valence-corrected chi connectivity index (χ0v) is 15.5. The first-order chi connectivity index (χ1) is 13.6. The number of ketones is 1. The van der Waals surface area contributed by atoms with Crippen LogP contribution in [0, 0.1) is 0 Å². The zero-order chi connectivity index (χ0) is 19.9. The summed E-state index contributed by atoms with van der Waals surface area (Å²) in [6, 6.07) is 18.7. The Kier molecular flexibility index (Phi) is 6.01. The average Bonchev–Trinajstić information content (AvgIpc) is 2.74. The van der Waals surface area contributed by atoms with E-state index in [1.54, 1.807) is 49.6 Å². The van der Waals surface area contributed by atoms with Crippen LogP contribution in [-0.2, 0) is 4.74 Å². The third-order valence-corrected chi connectivity index (χ3v) is 3.98. The summed E-state index contributed by atoms with van der Waals surface area (Å²) in [4.78, 5) is 29.2. The molecule has 0 fully saturated rings. The van der Waals surface area contributed by atoms with Gasteiger partial charge in [-0.1, -0.05) is 18.2 Å². The van der Waals surface area contributed by atoms with Crippen molar-refractivity contribution in [3.8, 4) is 17.4 Å². The van der Waals surface area contributed by atoms with Gasteiger partial charge >= 0.3 is 5.97 Å². The van der Waals surface area contributed by atoms with Crippen molar-refractivity contribution < 1.29 is 23.8 Å². The summed E-state index contributed by atoms with van der Waals surface area (Å²) >= 11 is 0. The van der Waals surface area contributed by atoms with Crippen LogP contribution in [0.1, 0.15) is 27.6 Å². The minimum absolute atomic E-state index is 0.114. The molecule has 0 aliphatic rings. The summed E-state index contributed by atoms with van der Waals surface area (Å²) in [6.45, 7) is 1.53. The van der Waals surface area contributed by atoms with Crippen LogP contribution in [0.5, 0.6) is 17.4 Å². The first-order valence-electron chi connectivity index (χ1n) is 8.65. The van der Waals surface area contributed by atoms with Gasteiger partial charge in [0.1, 0.15) is 17.1 Å². The quantitative estimate of drug-likeness (QED) is 0.451. The maximum atomic E-state index is 12.6. The van der Waals surface area contributed by atoms with Crippen LogP contribution in [0.2, 0.25) is 0 Å². The standard InChI is InChI=1S/C22H19NO5/c1-15(20(24)16-10-12-17(26-2)13-11-16)27-22(25)19-9-6-14-23-21(19)28-18-7-4-3-5-8-18/h3-15H,1-2H3/t15-/m1/s1. The molecule has 0 saturated carbocycles. The van der Waals surface area contributed by atoms with Gasteiger partial charge in [-0.05, 0) is 55.5 Å². The van der Waals surface area contributed by atoms with Gasteiger partial charge in [0.15, 0.2) is 6.10 Å². The molecule has 3 rings (SSSR count). The third kappa shape index (κ3) is 4.54. The Balaban J connectivity index is 1.72. The number of aromatic nitrogens is 1. The van der Waals surface area contributed by atoms with Gasteiger partial charge in [-0.25, -0.2) is 9.78 Å². The van der Waals surface area contributed by atoms with Gasteiger partial charge in [-0.3, -0.25) is 4.79 Å². The average molecular weight is 377 g/mol. The van der Waals surface area contributed by atoms with Crippen LogP contribution in [-0.4, -0.2) is 30.0 Å². The molecule has 6 heteroatoms. The van der Waals surface area contributed by atoms with Gasteiger partial charge < -0.3 is 14.2 Å². The highest BCUT2D eigenvalue weighted by Crippen LogP contribution is 2.24. The summed E-state index contributed by atoms with van der Waals surface area (Å²) in [5, 5.41) is 0. The Hall–Kier alpha value is -3.67. The SMILES string of the molecule is COc1ccc(C(=O)[C@@H](C)OC(=O)c2cccnc2Oc2ccccc2)cc1. The van der Waals surface area contributed by atoms with E-state index < -0.39 is 12.1 Å². The number of Topliss-reactive ketones (excluding diaryl/α,β-unsaturated/α-hetero) is 1. The van der Waals surface area contributed by atoms with Crippen LogP contribution in [0.15, 0.2) is 72.9 Å². The maximum absolute atomic E-state index is 12.6. The van der Waals surface area contributed by atoms with Gasteiger partial charge in [0, 0.05) is 11.8 Å². The van der Waals surface area contributed by atoms with Crippen LogP contribution in [0.3, 0.4) is 0 Å². The molecule has 6 nitrogen and oxygen atoms in total. The summed E-state index contributed by atoms with van der Waals surface area (Å²) in [6.07, 6.45) is 0.548. The number of hydrogen-bond donors (Lipinski definition) is 0. The number of para-hydroxylation sites is 1. The van der Waals surface area contributed by atoms with Crippen molar-refractivity contribution in [3.05, 3.63) is 84.1 Å². The summed E-state index contributed by atoms with van der Waals surface area (Å²) in [5.41, 5.74) is 0.564. The topological polar surface area (TPSA) is 74.7 Å². The lowest BCUT2D eigenvalue weighted by atomic mass is 10.1. The number of nitrogens with zero attached hydrogens (tertiary/aromatic N) is 1. The minimum Gasteiger partial charge on any atom is -0.497 e. The van der Waals surface area contributed by atoms with E-state index in [4.69, 9.17) is 14.2 Å². The number of carbonyl (C=O) groups excluding carboxylic acids is 2. The van der Waals surface area contributed by atoms with E-state index in [1.807, 2.05) is 18.2 Å². The van der Waals surface area contributed by atoms with Crippen LogP contribution in [0.4, 0.5) is 0 Å². The molecule has 0 unspecified atom stereocenters. The van der Waals surface area contributed by atoms with Crippen molar-refractivity contribution in [2.45, 2.75) is 13.0 Å². The lowest BCUT2D eigenvalue weighted by Crippen LogP contribution is -2.24. The summed E-state index contributed by atoms with van der Waals surface area (Å²) in [5.74, 6) is 0.290. The van der Waals surface area contributed by atoms with E-state index in [0.717, 1.165) is 0 Å². The van der Waals surface area contributed by atoms with Crippen molar-refractivity contribution in [3.63, 3.8) is 0 Å². The Morgan fingerprint density at radius 3 is 2.29 bits per heavy atom. The number of esters is 1. The number of benzene rings is 2. The molecule has 1 atom stereocenters. The van der Waals surface area contributed by atoms with Crippen molar-refractivity contribution in [2.24, 2.45) is 0 Å². The molecular weight excluding hydrogens is 358 g/mol. The zero-order valence-electron chi connectivity index (χ0n) is 15.5. The Bertz CT molecular complexity index is 954. The second kappa shape index (κ2) is 8.81. The second-order valence-electron chi connectivity index (χ2n) is 5.91. The lowest BCUT2D eigenvalue weighted by molar-refractivity contribution is 0.0315. The smallest absolute Gasteiger partial charge is 0.344 e. The molecule has 0 aliphatic carbocycles. The highest BCUT2D eigenvalue weighted by molar-refractivity contribution is 6.01. The first-order valence-corrected chi connectivity index (χ1v) is 8.65. The fourth-order valence-electron chi connectivity index (χ4n) is 2.50. The molecule has 0 spiro atoms. The van der Waals surface area contributed by atoms with Gasteiger partial charge in [-0.2, -0.15) is 0 Å². The van der Waals surface area contributed by atoms with Crippen LogP contribution < -0.4 is 9.47 Å². The van der Waals surface area contributed by atoms with Crippen molar-refractivity contribution >= 4 is 11.8 Å². The minimum atomic E-state index is -0.967. The molecular formula is C22H19NO5. The van der Waals surface area contributed by atoms with E-state index in [1.165, 1.54) is 19.2 Å². The van der Waals surface area contributed by atoms with Crippen LogP contribution >= 0.6 is 0 Å². The molecule has 0 amide bonds. The Morgan fingerprint density at radius 1 is 0.893 bits per heavy atom.